The lowest BCUT2D eigenvalue weighted by Crippen LogP contribution is -2.12. The smallest absolute Gasteiger partial charge is 0.224 e. The molecular formula is C15H23ClN2O3. The number of carbonyl (C=O) groups is 1. The van der Waals surface area contributed by atoms with Crippen molar-refractivity contribution < 1.29 is 14.3 Å². The topological polar surface area (TPSA) is 73.6 Å². The van der Waals surface area contributed by atoms with Gasteiger partial charge < -0.3 is 20.5 Å². The molecule has 1 amide bonds. The second kappa shape index (κ2) is 12.2. The summed E-state index contributed by atoms with van der Waals surface area (Å²) in [4.78, 5) is 11.7. The van der Waals surface area contributed by atoms with E-state index >= 15 is 0 Å². The number of nitrogens with one attached hydrogen (secondary N) is 1. The summed E-state index contributed by atoms with van der Waals surface area (Å²) in [5, 5.41) is 2.82. The number of benzene rings is 1. The molecule has 0 aliphatic rings. The zero-order chi connectivity index (χ0) is 14.6. The number of amides is 1. The molecule has 0 aliphatic heterocycles. The Morgan fingerprint density at radius 3 is 2.62 bits per heavy atom. The molecule has 0 saturated carbocycles. The van der Waals surface area contributed by atoms with E-state index in [0.29, 0.717) is 39.2 Å². The lowest BCUT2D eigenvalue weighted by atomic mass is 10.2. The third-order valence-electron chi connectivity index (χ3n) is 2.45. The van der Waals surface area contributed by atoms with E-state index in [4.69, 9.17) is 15.2 Å². The van der Waals surface area contributed by atoms with Crippen LogP contribution in [0.2, 0.25) is 0 Å². The van der Waals surface area contributed by atoms with Crippen molar-refractivity contribution in [1.82, 2.24) is 0 Å². The van der Waals surface area contributed by atoms with Gasteiger partial charge in [-0.2, -0.15) is 0 Å². The van der Waals surface area contributed by atoms with Crippen molar-refractivity contribution in [3.63, 3.8) is 0 Å². The zero-order valence-corrected chi connectivity index (χ0v) is 12.9. The van der Waals surface area contributed by atoms with Crippen LogP contribution in [-0.4, -0.2) is 32.3 Å². The molecule has 0 radical (unpaired) electrons. The minimum absolute atomic E-state index is 0. The third-order valence-corrected chi connectivity index (χ3v) is 2.45. The highest BCUT2D eigenvalue weighted by atomic mass is 35.5. The number of hydrogen-bond donors (Lipinski definition) is 2. The summed E-state index contributed by atoms with van der Waals surface area (Å²) in [6.07, 6.45) is 2.81. The average molecular weight is 315 g/mol. The van der Waals surface area contributed by atoms with Gasteiger partial charge >= 0.3 is 0 Å². The van der Waals surface area contributed by atoms with Crippen LogP contribution >= 0.6 is 12.4 Å². The Bertz CT molecular complexity index is 410. The maximum atomic E-state index is 11.7. The van der Waals surface area contributed by atoms with Crippen molar-refractivity contribution in [3.8, 4) is 5.75 Å². The van der Waals surface area contributed by atoms with Crippen molar-refractivity contribution in [3.05, 3.63) is 36.9 Å². The van der Waals surface area contributed by atoms with E-state index in [9.17, 15) is 4.79 Å². The molecule has 6 heteroatoms. The van der Waals surface area contributed by atoms with Gasteiger partial charge in [-0.1, -0.05) is 6.08 Å². The van der Waals surface area contributed by atoms with Gasteiger partial charge in [0.1, 0.15) is 12.4 Å². The van der Waals surface area contributed by atoms with E-state index in [1.807, 2.05) is 0 Å². The largest absolute Gasteiger partial charge is 0.492 e. The number of hydrogen-bond acceptors (Lipinski definition) is 4. The number of anilines is 1. The number of ether oxygens (including phenoxy) is 2. The standard InChI is InChI=1S/C15H22N2O3.ClH/c1-2-10-19-11-3-4-15(18)17-13-5-7-14(8-6-13)20-12-9-16;/h2,5-8H,1,3-4,9-12,16H2,(H,17,18);1H. The van der Waals surface area contributed by atoms with E-state index in [1.54, 1.807) is 30.3 Å². The molecule has 0 atom stereocenters. The van der Waals surface area contributed by atoms with E-state index in [-0.39, 0.29) is 18.3 Å². The molecule has 0 aliphatic carbocycles. The first-order valence-corrected chi connectivity index (χ1v) is 6.67. The van der Waals surface area contributed by atoms with Crippen molar-refractivity contribution in [2.75, 3.05) is 31.7 Å². The monoisotopic (exact) mass is 314 g/mol. The second-order valence-electron chi connectivity index (χ2n) is 4.18. The van der Waals surface area contributed by atoms with Crippen molar-refractivity contribution in [2.45, 2.75) is 12.8 Å². The van der Waals surface area contributed by atoms with Gasteiger partial charge in [-0.15, -0.1) is 19.0 Å². The lowest BCUT2D eigenvalue weighted by molar-refractivity contribution is -0.116. The van der Waals surface area contributed by atoms with E-state index < -0.39 is 0 Å². The van der Waals surface area contributed by atoms with Gasteiger partial charge in [0.2, 0.25) is 5.91 Å². The summed E-state index contributed by atoms with van der Waals surface area (Å²) >= 11 is 0. The summed E-state index contributed by atoms with van der Waals surface area (Å²) < 4.78 is 10.6. The predicted octanol–water partition coefficient (Wildman–Crippen LogP) is 2.37. The molecule has 3 N–H and O–H groups in total. The highest BCUT2D eigenvalue weighted by Gasteiger charge is 2.02. The number of halogens is 1. The number of nitrogens with two attached hydrogens (primary N) is 1. The Kier molecular flexibility index (Phi) is 11.3. The number of rotatable bonds is 10. The predicted molar refractivity (Wildman–Crippen MR) is 87.1 cm³/mol. The quantitative estimate of drug-likeness (QED) is 0.513. The summed E-state index contributed by atoms with van der Waals surface area (Å²) in [5.41, 5.74) is 6.10. The maximum Gasteiger partial charge on any atom is 0.224 e. The molecule has 0 fully saturated rings. The molecule has 118 valence electrons. The number of carbonyl (C=O) groups excluding carboxylic acids is 1. The third kappa shape index (κ3) is 9.07. The van der Waals surface area contributed by atoms with Crippen LogP contribution in [-0.2, 0) is 9.53 Å². The lowest BCUT2D eigenvalue weighted by Gasteiger charge is -2.07. The van der Waals surface area contributed by atoms with Gasteiger partial charge in [0.15, 0.2) is 0 Å². The van der Waals surface area contributed by atoms with Gasteiger partial charge in [0.05, 0.1) is 6.61 Å². The van der Waals surface area contributed by atoms with Crippen LogP contribution in [0, 0.1) is 0 Å². The SMILES string of the molecule is C=CCOCCCC(=O)Nc1ccc(OCCN)cc1.Cl. The normalized spacial score (nSPS) is 9.57. The van der Waals surface area contributed by atoms with E-state index in [0.717, 1.165) is 11.4 Å². The minimum atomic E-state index is -0.0252. The van der Waals surface area contributed by atoms with Crippen molar-refractivity contribution >= 4 is 24.0 Å². The summed E-state index contributed by atoms with van der Waals surface area (Å²) in [6, 6.07) is 7.22. The van der Waals surface area contributed by atoms with Crippen molar-refractivity contribution in [1.29, 1.82) is 0 Å². The van der Waals surface area contributed by atoms with Gasteiger partial charge in [-0.05, 0) is 30.7 Å². The van der Waals surface area contributed by atoms with E-state index in [1.165, 1.54) is 0 Å². The molecule has 0 aromatic heterocycles. The first-order valence-electron chi connectivity index (χ1n) is 6.67. The second-order valence-corrected chi connectivity index (χ2v) is 4.18. The highest BCUT2D eigenvalue weighted by Crippen LogP contribution is 2.15. The molecule has 1 rings (SSSR count). The zero-order valence-electron chi connectivity index (χ0n) is 12.0. The van der Waals surface area contributed by atoms with Crippen LogP contribution in [0.25, 0.3) is 0 Å². The Hall–Kier alpha value is -1.56. The van der Waals surface area contributed by atoms with Crippen LogP contribution in [0.15, 0.2) is 36.9 Å². The first kappa shape index (κ1) is 19.4. The fourth-order valence-electron chi connectivity index (χ4n) is 1.54. The fourth-order valence-corrected chi connectivity index (χ4v) is 1.54. The fraction of sp³-hybridized carbons (Fsp3) is 0.400. The molecular weight excluding hydrogens is 292 g/mol. The Balaban J connectivity index is 0.00000400. The average Bonchev–Trinajstić information content (AvgIpc) is 2.46. The van der Waals surface area contributed by atoms with Gasteiger partial charge in [-0.3, -0.25) is 4.79 Å². The first-order chi connectivity index (χ1) is 9.76. The summed E-state index contributed by atoms with van der Waals surface area (Å²) in [5.74, 6) is 0.717. The molecule has 1 aromatic carbocycles. The van der Waals surface area contributed by atoms with Gasteiger partial charge in [0, 0.05) is 25.3 Å². The molecule has 0 spiro atoms. The molecule has 0 unspecified atom stereocenters. The highest BCUT2D eigenvalue weighted by molar-refractivity contribution is 5.90. The van der Waals surface area contributed by atoms with Crippen LogP contribution in [0.1, 0.15) is 12.8 Å². The Morgan fingerprint density at radius 2 is 2.00 bits per heavy atom. The van der Waals surface area contributed by atoms with E-state index in [2.05, 4.69) is 11.9 Å². The van der Waals surface area contributed by atoms with Crippen LogP contribution in [0.3, 0.4) is 0 Å². The molecule has 5 nitrogen and oxygen atoms in total. The molecule has 0 saturated heterocycles. The molecule has 0 bridgehead atoms. The van der Waals surface area contributed by atoms with Crippen LogP contribution in [0.5, 0.6) is 5.75 Å². The van der Waals surface area contributed by atoms with Crippen LogP contribution in [0.4, 0.5) is 5.69 Å². The molecule has 21 heavy (non-hydrogen) atoms. The Morgan fingerprint density at radius 1 is 1.29 bits per heavy atom. The summed E-state index contributed by atoms with van der Waals surface area (Å²) in [6.45, 7) is 5.60. The van der Waals surface area contributed by atoms with Crippen LogP contribution < -0.4 is 15.8 Å². The molecule has 0 heterocycles. The molecule has 1 aromatic rings. The maximum absolute atomic E-state index is 11.7. The minimum Gasteiger partial charge on any atom is -0.492 e. The summed E-state index contributed by atoms with van der Waals surface area (Å²) in [7, 11) is 0. The van der Waals surface area contributed by atoms with Crippen molar-refractivity contribution in [2.24, 2.45) is 5.73 Å². The van der Waals surface area contributed by atoms with Gasteiger partial charge in [0.25, 0.3) is 0 Å². The Labute approximate surface area is 131 Å². The van der Waals surface area contributed by atoms with Gasteiger partial charge in [-0.25, -0.2) is 0 Å².